The van der Waals surface area contributed by atoms with E-state index in [2.05, 4.69) is 10.2 Å². The number of benzene rings is 1. The van der Waals surface area contributed by atoms with Gasteiger partial charge >= 0.3 is 0 Å². The molecule has 4 nitrogen and oxygen atoms in total. The highest BCUT2D eigenvalue weighted by atomic mass is 35.5. The van der Waals surface area contributed by atoms with E-state index in [0.717, 1.165) is 0 Å². The molecule has 2 rings (SSSR count). The molecule has 0 bridgehead atoms. The van der Waals surface area contributed by atoms with Crippen LogP contribution in [0.4, 0.5) is 0 Å². The summed E-state index contributed by atoms with van der Waals surface area (Å²) in [7, 11) is 0. The highest BCUT2D eigenvalue weighted by Crippen LogP contribution is 2.24. The number of nitrogens with zero attached hydrogens (tertiary/aromatic N) is 2. The first-order valence-corrected chi connectivity index (χ1v) is 5.87. The monoisotopic (exact) mass is 281 g/mol. The van der Waals surface area contributed by atoms with Crippen molar-refractivity contribution < 1.29 is 4.79 Å². The zero-order valence-corrected chi connectivity index (χ0v) is 10.7. The molecule has 0 aliphatic heterocycles. The van der Waals surface area contributed by atoms with Gasteiger partial charge in [-0.2, -0.15) is 5.10 Å². The minimum absolute atomic E-state index is 0.262. The lowest BCUT2D eigenvalue weighted by molar-refractivity contribution is -0.118. The Balaban J connectivity index is 2.43. The largest absolute Gasteiger partial charge is 0.369 e. The molecule has 6 heteroatoms. The maximum atomic E-state index is 11.6. The minimum atomic E-state index is -0.660. The molecule has 1 aromatic heterocycles. The number of rotatable bonds is 3. The molecule has 0 fully saturated rings. The fourth-order valence-electron chi connectivity index (χ4n) is 1.62. The Bertz CT molecular complexity index is 509. The smallest absolute Gasteiger partial charge is 0.231 e. The van der Waals surface area contributed by atoms with Crippen LogP contribution in [0.1, 0.15) is 17.2 Å². The summed E-state index contributed by atoms with van der Waals surface area (Å²) in [5.41, 5.74) is 6.57. The van der Waals surface area contributed by atoms with Crippen molar-refractivity contribution in [1.82, 2.24) is 10.2 Å². The Labute approximate surface area is 114 Å². The van der Waals surface area contributed by atoms with Crippen molar-refractivity contribution in [2.45, 2.75) is 5.92 Å². The summed E-state index contributed by atoms with van der Waals surface area (Å²) in [5.74, 6) is -1.17. The summed E-state index contributed by atoms with van der Waals surface area (Å²) < 4.78 is 0. The zero-order valence-electron chi connectivity index (χ0n) is 9.18. The van der Waals surface area contributed by atoms with E-state index in [4.69, 9.17) is 28.9 Å². The van der Waals surface area contributed by atoms with Crippen molar-refractivity contribution in [2.75, 3.05) is 0 Å². The van der Waals surface area contributed by atoms with Gasteiger partial charge in [0.1, 0.15) is 5.92 Å². The Kier molecular flexibility index (Phi) is 3.79. The van der Waals surface area contributed by atoms with Gasteiger partial charge in [-0.3, -0.25) is 4.79 Å². The number of amides is 1. The Morgan fingerprint density at radius 1 is 1.06 bits per heavy atom. The molecule has 2 N–H and O–H groups in total. The van der Waals surface area contributed by atoms with Gasteiger partial charge in [-0.15, -0.1) is 5.10 Å². The van der Waals surface area contributed by atoms with Crippen molar-refractivity contribution in [1.29, 1.82) is 0 Å². The second-order valence-corrected chi connectivity index (χ2v) is 4.49. The Hall–Kier alpha value is -1.65. The number of aromatic nitrogens is 2. The summed E-state index contributed by atoms with van der Waals surface area (Å²) in [6.07, 6.45) is 0. The van der Waals surface area contributed by atoms with Crippen LogP contribution in [0.5, 0.6) is 0 Å². The van der Waals surface area contributed by atoms with Crippen LogP contribution in [0.2, 0.25) is 10.2 Å². The van der Waals surface area contributed by atoms with Crippen LogP contribution in [0.3, 0.4) is 0 Å². The molecule has 92 valence electrons. The number of carbonyl (C=O) groups excluding carboxylic acids is 1. The molecule has 0 aliphatic rings. The van der Waals surface area contributed by atoms with E-state index in [-0.39, 0.29) is 5.15 Å². The van der Waals surface area contributed by atoms with Gasteiger partial charge in [0.15, 0.2) is 5.15 Å². The van der Waals surface area contributed by atoms with Crippen LogP contribution in [-0.2, 0) is 4.79 Å². The first-order valence-electron chi connectivity index (χ1n) is 5.12. The normalized spacial score (nSPS) is 12.1. The number of halogens is 2. The van der Waals surface area contributed by atoms with Gasteiger partial charge in [0, 0.05) is 5.02 Å². The molecule has 0 saturated heterocycles. The average Bonchev–Trinajstić information content (AvgIpc) is 2.34. The van der Waals surface area contributed by atoms with Gasteiger partial charge in [0.05, 0.1) is 5.69 Å². The fraction of sp³-hybridized carbons (Fsp3) is 0.0833. The van der Waals surface area contributed by atoms with E-state index >= 15 is 0 Å². The molecule has 1 amide bonds. The highest BCUT2D eigenvalue weighted by Gasteiger charge is 2.22. The van der Waals surface area contributed by atoms with Gasteiger partial charge in [0.25, 0.3) is 0 Å². The first-order chi connectivity index (χ1) is 8.58. The third kappa shape index (κ3) is 2.78. The van der Waals surface area contributed by atoms with Crippen molar-refractivity contribution in [2.24, 2.45) is 5.73 Å². The lowest BCUT2D eigenvalue weighted by Gasteiger charge is -2.12. The summed E-state index contributed by atoms with van der Waals surface area (Å²) in [6.45, 7) is 0. The van der Waals surface area contributed by atoms with Gasteiger partial charge < -0.3 is 5.73 Å². The van der Waals surface area contributed by atoms with E-state index in [1.807, 2.05) is 0 Å². The third-order valence-electron chi connectivity index (χ3n) is 2.44. The van der Waals surface area contributed by atoms with E-state index in [9.17, 15) is 4.79 Å². The topological polar surface area (TPSA) is 68.9 Å². The maximum absolute atomic E-state index is 11.6. The van der Waals surface area contributed by atoms with E-state index in [1.54, 1.807) is 36.4 Å². The Morgan fingerprint density at radius 2 is 1.72 bits per heavy atom. The molecule has 0 saturated carbocycles. The predicted molar refractivity (Wildman–Crippen MR) is 69.5 cm³/mol. The quantitative estimate of drug-likeness (QED) is 0.939. The van der Waals surface area contributed by atoms with E-state index < -0.39 is 11.8 Å². The number of primary amides is 1. The van der Waals surface area contributed by atoms with Crippen LogP contribution in [0, 0.1) is 0 Å². The molecular formula is C12H9Cl2N3O. The number of hydrogen-bond acceptors (Lipinski definition) is 3. The lowest BCUT2D eigenvalue weighted by atomic mass is 9.95. The van der Waals surface area contributed by atoms with Gasteiger partial charge in [-0.1, -0.05) is 35.3 Å². The highest BCUT2D eigenvalue weighted by molar-refractivity contribution is 6.30. The molecule has 2 aromatic rings. The van der Waals surface area contributed by atoms with Crippen LogP contribution in [0.25, 0.3) is 0 Å². The molecule has 1 aromatic carbocycles. The molecular weight excluding hydrogens is 273 g/mol. The minimum Gasteiger partial charge on any atom is -0.369 e. The zero-order chi connectivity index (χ0) is 13.1. The molecule has 1 heterocycles. The van der Waals surface area contributed by atoms with Crippen molar-refractivity contribution in [3.05, 3.63) is 57.8 Å². The van der Waals surface area contributed by atoms with E-state index in [1.165, 1.54) is 0 Å². The standard InChI is InChI=1S/C12H9Cl2N3O/c13-8-3-1-7(2-4-8)11(12(15)18)9-5-6-10(14)17-16-9/h1-6,11H,(H2,15,18)/t11-/m1/s1. The first kappa shape index (κ1) is 12.8. The molecule has 0 aliphatic carbocycles. The van der Waals surface area contributed by atoms with E-state index in [0.29, 0.717) is 16.3 Å². The summed E-state index contributed by atoms with van der Waals surface area (Å²) in [5, 5.41) is 8.44. The number of nitrogens with two attached hydrogens (primary N) is 1. The second-order valence-electron chi connectivity index (χ2n) is 3.67. The molecule has 0 radical (unpaired) electrons. The summed E-state index contributed by atoms with van der Waals surface area (Å²) >= 11 is 11.5. The average molecular weight is 282 g/mol. The molecule has 0 unspecified atom stereocenters. The molecule has 18 heavy (non-hydrogen) atoms. The van der Waals surface area contributed by atoms with Gasteiger partial charge in [0.2, 0.25) is 5.91 Å². The summed E-state index contributed by atoms with van der Waals surface area (Å²) in [4.78, 5) is 11.6. The lowest BCUT2D eigenvalue weighted by Crippen LogP contribution is -2.23. The van der Waals surface area contributed by atoms with Crippen LogP contribution < -0.4 is 5.73 Å². The van der Waals surface area contributed by atoms with Crippen molar-refractivity contribution >= 4 is 29.1 Å². The van der Waals surface area contributed by atoms with Crippen LogP contribution in [0.15, 0.2) is 36.4 Å². The van der Waals surface area contributed by atoms with Crippen LogP contribution >= 0.6 is 23.2 Å². The summed E-state index contributed by atoms with van der Waals surface area (Å²) in [6, 6.07) is 10.0. The number of carbonyl (C=O) groups is 1. The van der Waals surface area contributed by atoms with Gasteiger partial charge in [-0.25, -0.2) is 0 Å². The second kappa shape index (κ2) is 5.33. The van der Waals surface area contributed by atoms with Crippen LogP contribution in [-0.4, -0.2) is 16.1 Å². The van der Waals surface area contributed by atoms with Gasteiger partial charge in [-0.05, 0) is 29.8 Å². The SMILES string of the molecule is NC(=O)[C@H](c1ccc(Cl)cc1)c1ccc(Cl)nn1. The molecule has 1 atom stereocenters. The third-order valence-corrected chi connectivity index (χ3v) is 2.89. The molecule has 0 spiro atoms. The number of hydrogen-bond donors (Lipinski definition) is 1. The predicted octanol–water partition coefficient (Wildman–Crippen LogP) is 2.40. The fourth-order valence-corrected chi connectivity index (χ4v) is 1.84. The Morgan fingerprint density at radius 3 is 2.22 bits per heavy atom. The maximum Gasteiger partial charge on any atom is 0.231 e. The van der Waals surface area contributed by atoms with Crippen molar-refractivity contribution in [3.63, 3.8) is 0 Å². The van der Waals surface area contributed by atoms with Crippen molar-refractivity contribution in [3.8, 4) is 0 Å².